The van der Waals surface area contributed by atoms with Crippen molar-refractivity contribution in [3.05, 3.63) is 22.7 Å². The van der Waals surface area contributed by atoms with E-state index in [1.165, 1.54) is 0 Å². The van der Waals surface area contributed by atoms with Crippen molar-refractivity contribution in [1.82, 2.24) is 9.97 Å². The summed E-state index contributed by atoms with van der Waals surface area (Å²) in [7, 11) is 0. The monoisotopic (exact) mass is 240 g/mol. The lowest BCUT2D eigenvalue weighted by Gasteiger charge is -2.10. The van der Waals surface area contributed by atoms with E-state index in [9.17, 15) is 0 Å². The van der Waals surface area contributed by atoms with Crippen molar-refractivity contribution < 1.29 is 4.74 Å². The zero-order valence-electron chi connectivity index (χ0n) is 9.74. The van der Waals surface area contributed by atoms with Crippen LogP contribution in [-0.2, 0) is 11.2 Å². The molecule has 0 aromatic carbocycles. The van der Waals surface area contributed by atoms with Crippen molar-refractivity contribution in [1.29, 1.82) is 0 Å². The maximum absolute atomic E-state index is 6.00. The highest BCUT2D eigenvalue weighted by Gasteiger charge is 2.18. The Morgan fingerprint density at radius 2 is 2.31 bits per heavy atom. The quantitative estimate of drug-likeness (QED) is 0.762. The summed E-state index contributed by atoms with van der Waals surface area (Å²) < 4.78 is 5.35. The topological polar surface area (TPSA) is 35.0 Å². The molecular formula is C12H17ClN2O. The molecule has 0 amide bonds. The molecule has 0 bridgehead atoms. The van der Waals surface area contributed by atoms with Crippen molar-refractivity contribution in [3.63, 3.8) is 0 Å². The third-order valence-corrected chi connectivity index (χ3v) is 3.04. The summed E-state index contributed by atoms with van der Waals surface area (Å²) in [6.45, 7) is 5.91. The Kier molecular flexibility index (Phi) is 3.77. The summed E-state index contributed by atoms with van der Waals surface area (Å²) in [6.07, 6.45) is 1.98. The van der Waals surface area contributed by atoms with Gasteiger partial charge in [-0.15, -0.1) is 0 Å². The van der Waals surface area contributed by atoms with E-state index < -0.39 is 0 Å². The highest BCUT2D eigenvalue weighted by molar-refractivity contribution is 6.29. The van der Waals surface area contributed by atoms with E-state index in [4.69, 9.17) is 16.3 Å². The van der Waals surface area contributed by atoms with Crippen molar-refractivity contribution in [2.45, 2.75) is 32.6 Å². The zero-order chi connectivity index (χ0) is 11.5. The molecule has 1 aliphatic rings. The number of hydrogen-bond donors (Lipinski definition) is 0. The molecule has 16 heavy (non-hydrogen) atoms. The SMILES string of the molecule is CC(C)c1cc(Cl)nc(CC2CCOC2)n1. The molecule has 2 heterocycles. The Morgan fingerprint density at radius 3 is 2.94 bits per heavy atom. The van der Waals surface area contributed by atoms with Crippen LogP contribution in [0.3, 0.4) is 0 Å². The maximum Gasteiger partial charge on any atom is 0.133 e. The third kappa shape index (κ3) is 2.92. The van der Waals surface area contributed by atoms with E-state index in [1.54, 1.807) is 0 Å². The number of hydrogen-bond acceptors (Lipinski definition) is 3. The first-order chi connectivity index (χ1) is 7.65. The van der Waals surface area contributed by atoms with E-state index in [1.807, 2.05) is 6.07 Å². The minimum Gasteiger partial charge on any atom is -0.381 e. The van der Waals surface area contributed by atoms with Gasteiger partial charge in [0.25, 0.3) is 0 Å². The minimum atomic E-state index is 0.388. The first-order valence-electron chi connectivity index (χ1n) is 5.76. The standard InChI is InChI=1S/C12H17ClN2O/c1-8(2)10-6-11(13)15-12(14-10)5-9-3-4-16-7-9/h6,8-9H,3-5,7H2,1-2H3. The highest BCUT2D eigenvalue weighted by atomic mass is 35.5. The van der Waals surface area contributed by atoms with Gasteiger partial charge in [0, 0.05) is 25.3 Å². The average Bonchev–Trinajstić information content (AvgIpc) is 2.69. The first kappa shape index (κ1) is 11.8. The molecule has 4 heteroatoms. The average molecular weight is 241 g/mol. The van der Waals surface area contributed by atoms with Crippen LogP contribution in [-0.4, -0.2) is 23.2 Å². The van der Waals surface area contributed by atoms with Crippen molar-refractivity contribution >= 4 is 11.6 Å². The van der Waals surface area contributed by atoms with Gasteiger partial charge in [-0.25, -0.2) is 9.97 Å². The summed E-state index contributed by atoms with van der Waals surface area (Å²) in [4.78, 5) is 8.82. The fourth-order valence-corrected chi connectivity index (χ4v) is 2.08. The van der Waals surface area contributed by atoms with E-state index in [0.29, 0.717) is 17.0 Å². The van der Waals surface area contributed by atoms with Gasteiger partial charge in [-0.1, -0.05) is 25.4 Å². The number of rotatable bonds is 3. The summed E-state index contributed by atoms with van der Waals surface area (Å²) in [5.41, 5.74) is 1.02. The van der Waals surface area contributed by atoms with Gasteiger partial charge in [-0.3, -0.25) is 0 Å². The van der Waals surface area contributed by atoms with Gasteiger partial charge in [0.1, 0.15) is 11.0 Å². The highest BCUT2D eigenvalue weighted by Crippen LogP contribution is 2.20. The molecule has 2 rings (SSSR count). The number of nitrogens with zero attached hydrogens (tertiary/aromatic N) is 2. The minimum absolute atomic E-state index is 0.388. The van der Waals surface area contributed by atoms with Crippen molar-refractivity contribution in [2.75, 3.05) is 13.2 Å². The van der Waals surface area contributed by atoms with E-state index in [-0.39, 0.29) is 0 Å². The molecule has 1 aliphatic heterocycles. The second-order valence-electron chi connectivity index (χ2n) is 4.62. The summed E-state index contributed by atoms with van der Waals surface area (Å²) in [5, 5.41) is 0.549. The van der Waals surface area contributed by atoms with Crippen molar-refractivity contribution in [3.8, 4) is 0 Å². The largest absolute Gasteiger partial charge is 0.381 e. The fourth-order valence-electron chi connectivity index (χ4n) is 1.87. The van der Waals surface area contributed by atoms with Gasteiger partial charge in [-0.2, -0.15) is 0 Å². The third-order valence-electron chi connectivity index (χ3n) is 2.85. The number of ether oxygens (including phenoxy) is 1. The van der Waals surface area contributed by atoms with Gasteiger partial charge in [0.05, 0.1) is 0 Å². The number of halogens is 1. The van der Waals surface area contributed by atoms with Crippen LogP contribution in [0.4, 0.5) is 0 Å². The molecule has 88 valence electrons. The molecule has 1 atom stereocenters. The molecule has 1 unspecified atom stereocenters. The lowest BCUT2D eigenvalue weighted by atomic mass is 10.0. The van der Waals surface area contributed by atoms with Gasteiger partial charge in [0.2, 0.25) is 0 Å². The van der Waals surface area contributed by atoms with Crippen molar-refractivity contribution in [2.24, 2.45) is 5.92 Å². The second-order valence-corrected chi connectivity index (χ2v) is 5.01. The molecule has 1 fully saturated rings. The molecule has 0 spiro atoms. The van der Waals surface area contributed by atoms with E-state index in [0.717, 1.165) is 37.6 Å². The summed E-state index contributed by atoms with van der Waals surface area (Å²) >= 11 is 6.00. The Morgan fingerprint density at radius 1 is 1.50 bits per heavy atom. The first-order valence-corrected chi connectivity index (χ1v) is 6.14. The molecule has 0 N–H and O–H groups in total. The predicted octanol–water partition coefficient (Wildman–Crippen LogP) is 2.83. The van der Waals surface area contributed by atoms with Gasteiger partial charge >= 0.3 is 0 Å². The number of aromatic nitrogens is 2. The molecule has 0 aliphatic carbocycles. The molecular weight excluding hydrogens is 224 g/mol. The summed E-state index contributed by atoms with van der Waals surface area (Å²) in [6, 6.07) is 1.85. The second kappa shape index (κ2) is 5.11. The maximum atomic E-state index is 6.00. The Hall–Kier alpha value is -0.670. The molecule has 3 nitrogen and oxygen atoms in total. The normalized spacial score (nSPS) is 20.6. The smallest absolute Gasteiger partial charge is 0.133 e. The summed E-state index contributed by atoms with van der Waals surface area (Å²) in [5.74, 6) is 1.80. The van der Waals surface area contributed by atoms with E-state index >= 15 is 0 Å². The van der Waals surface area contributed by atoms with Crippen LogP contribution in [0, 0.1) is 5.92 Å². The molecule has 0 radical (unpaired) electrons. The van der Waals surface area contributed by atoms with Crippen LogP contribution in [0.25, 0.3) is 0 Å². The van der Waals surface area contributed by atoms with Crippen LogP contribution in [0.5, 0.6) is 0 Å². The predicted molar refractivity (Wildman–Crippen MR) is 63.8 cm³/mol. The Bertz CT molecular complexity index is 362. The van der Waals surface area contributed by atoms with Crippen LogP contribution >= 0.6 is 11.6 Å². The molecule has 1 aromatic heterocycles. The van der Waals surface area contributed by atoms with Crippen LogP contribution in [0.1, 0.15) is 37.7 Å². The molecule has 0 saturated carbocycles. The lowest BCUT2D eigenvalue weighted by Crippen LogP contribution is -2.09. The van der Waals surface area contributed by atoms with Crippen LogP contribution in [0.2, 0.25) is 5.15 Å². The zero-order valence-corrected chi connectivity index (χ0v) is 10.5. The van der Waals surface area contributed by atoms with Gasteiger partial charge in [0.15, 0.2) is 0 Å². The van der Waals surface area contributed by atoms with Crippen LogP contribution in [0.15, 0.2) is 6.07 Å². The van der Waals surface area contributed by atoms with E-state index in [2.05, 4.69) is 23.8 Å². The Balaban J connectivity index is 2.13. The molecule has 1 saturated heterocycles. The van der Waals surface area contributed by atoms with Gasteiger partial charge < -0.3 is 4.74 Å². The Labute approximate surface area is 101 Å². The van der Waals surface area contributed by atoms with Crippen LogP contribution < -0.4 is 0 Å². The molecule has 1 aromatic rings. The fraction of sp³-hybridized carbons (Fsp3) is 0.667. The lowest BCUT2D eigenvalue weighted by molar-refractivity contribution is 0.185. The van der Waals surface area contributed by atoms with Gasteiger partial charge in [-0.05, 0) is 24.3 Å².